The first kappa shape index (κ1) is 34.8. The van der Waals surface area contributed by atoms with E-state index in [1.807, 2.05) is 46.0 Å². The van der Waals surface area contributed by atoms with Gasteiger partial charge in [0.25, 0.3) is 0 Å². The van der Waals surface area contributed by atoms with Gasteiger partial charge >= 0.3 is 0 Å². The fourth-order valence-corrected chi connectivity index (χ4v) is 6.62. The number of nitrogens with one attached hydrogen (secondary N) is 1. The highest BCUT2D eigenvalue weighted by Crippen LogP contribution is 2.36. The molecule has 51 heavy (non-hydrogen) atoms. The van der Waals surface area contributed by atoms with Gasteiger partial charge in [0.05, 0.1) is 0 Å². The topological polar surface area (TPSA) is 58.9 Å². The van der Waals surface area contributed by atoms with E-state index in [2.05, 4.69) is 141 Å². The summed E-state index contributed by atoms with van der Waals surface area (Å²) in [7, 11) is 0. The maximum absolute atomic E-state index is 6.53. The van der Waals surface area contributed by atoms with Crippen molar-refractivity contribution in [2.75, 3.05) is 0 Å². The molecule has 1 atom stereocenters. The number of aryl methyl sites for hydroxylation is 1. The van der Waals surface area contributed by atoms with Crippen LogP contribution in [0.1, 0.15) is 78.4 Å². The highest BCUT2D eigenvalue weighted by molar-refractivity contribution is 6.13. The Morgan fingerprint density at radius 2 is 1.53 bits per heavy atom. The van der Waals surface area contributed by atoms with Crippen molar-refractivity contribution in [2.24, 2.45) is 10.1 Å². The summed E-state index contributed by atoms with van der Waals surface area (Å²) in [6.45, 7) is 16.2. The lowest BCUT2D eigenvalue weighted by molar-refractivity contribution is 0.193. The molecule has 0 spiro atoms. The number of hydrogen-bond donors (Lipinski definition) is 1. The zero-order chi connectivity index (χ0) is 35.9. The summed E-state index contributed by atoms with van der Waals surface area (Å²) in [5.74, 6) is 1.27. The fourth-order valence-electron chi connectivity index (χ4n) is 6.62. The number of allylic oxidation sites excluding steroid dienone is 2. The first-order valence-electron chi connectivity index (χ1n) is 17.5. The third-order valence-electron chi connectivity index (χ3n) is 9.06. The summed E-state index contributed by atoms with van der Waals surface area (Å²) in [5.41, 5.74) is 13.7. The quantitative estimate of drug-likeness (QED) is 0.164. The van der Waals surface area contributed by atoms with Crippen molar-refractivity contribution in [3.8, 4) is 0 Å². The predicted octanol–water partition coefficient (Wildman–Crippen LogP) is 11.9. The van der Waals surface area contributed by atoms with E-state index in [0.717, 1.165) is 66.4 Å². The summed E-state index contributed by atoms with van der Waals surface area (Å²) in [6.07, 6.45) is 9.58. The van der Waals surface area contributed by atoms with E-state index >= 15 is 0 Å². The number of fused-ring (bicyclic) bond motifs is 2. The standard InChI is InChI=1S/C44H38N4O.C2H6/c1-6-15-34-30(5)42(45-27-31(34)7-2)46-29(4)26-41(33-19-10-8-16-28(33)3)38-24-25-40(37-22-13-12-21-36(37)38)44-48-47-43(49-44)39-23-14-18-32-17-9-11-20-35(32)39;1-2/h6-27,43,47H,2H2,1,3-5H3;1-2H3/b15-6-,41-26+,46-29?;. The SMILES string of the molecule is C=Cc1cnc(N=C(C)/C=C(\c2ccccc2C)c2ccc(C3=NNC(c4cccc5ccccc45)O3)c3ccccc23)c(C)c1/C=C\C.CC. The zero-order valence-corrected chi connectivity index (χ0v) is 30.2. The molecule has 2 heterocycles. The number of hydrazone groups is 1. The summed E-state index contributed by atoms with van der Waals surface area (Å²) in [6, 6.07) is 35.8. The van der Waals surface area contributed by atoms with Gasteiger partial charge in [-0.2, -0.15) is 0 Å². The number of rotatable bonds is 8. The van der Waals surface area contributed by atoms with Gasteiger partial charge in [-0.15, -0.1) is 5.10 Å². The number of aromatic nitrogens is 1. The summed E-state index contributed by atoms with van der Waals surface area (Å²) >= 11 is 0. The molecule has 7 rings (SSSR count). The average Bonchev–Trinajstić information content (AvgIpc) is 3.66. The van der Waals surface area contributed by atoms with Crippen molar-refractivity contribution >= 4 is 56.7 Å². The molecule has 5 nitrogen and oxygen atoms in total. The van der Waals surface area contributed by atoms with Crippen molar-refractivity contribution < 1.29 is 4.74 Å². The second-order valence-electron chi connectivity index (χ2n) is 12.2. The minimum atomic E-state index is -0.383. The Balaban J connectivity index is 0.00000220. The van der Waals surface area contributed by atoms with Crippen LogP contribution in [0.4, 0.5) is 5.82 Å². The highest BCUT2D eigenvalue weighted by Gasteiger charge is 2.26. The molecule has 5 aromatic carbocycles. The third kappa shape index (κ3) is 7.01. The molecule has 1 N–H and O–H groups in total. The largest absolute Gasteiger partial charge is 0.446 e. The molecule has 0 bridgehead atoms. The Morgan fingerprint density at radius 1 is 0.824 bits per heavy atom. The van der Waals surface area contributed by atoms with Gasteiger partial charge in [0.1, 0.15) is 0 Å². The van der Waals surface area contributed by atoms with Crippen LogP contribution < -0.4 is 5.43 Å². The van der Waals surface area contributed by atoms with Crippen molar-refractivity contribution in [2.45, 2.75) is 47.8 Å². The molecular weight excluding hydrogens is 625 g/mol. The number of hydrogen-bond acceptors (Lipinski definition) is 5. The summed E-state index contributed by atoms with van der Waals surface area (Å²) < 4.78 is 6.53. The van der Waals surface area contributed by atoms with Crippen molar-refractivity contribution in [1.82, 2.24) is 10.4 Å². The molecule has 0 fully saturated rings. The number of aliphatic imine (C=N–C) groups is 1. The first-order valence-corrected chi connectivity index (χ1v) is 17.5. The van der Waals surface area contributed by atoms with E-state index in [9.17, 15) is 0 Å². The van der Waals surface area contributed by atoms with Crippen LogP contribution in [0.15, 0.2) is 138 Å². The number of nitrogens with zero attached hydrogens (tertiary/aromatic N) is 3. The Hall–Kier alpha value is -6.07. The Morgan fingerprint density at radius 3 is 2.29 bits per heavy atom. The van der Waals surface area contributed by atoms with Gasteiger partial charge in [0.15, 0.2) is 5.82 Å². The maximum atomic E-state index is 6.53. The minimum absolute atomic E-state index is 0.383. The lowest BCUT2D eigenvalue weighted by Gasteiger charge is -2.17. The van der Waals surface area contributed by atoms with Crippen LogP contribution in [0.2, 0.25) is 0 Å². The lowest BCUT2D eigenvalue weighted by Crippen LogP contribution is -2.13. The molecule has 5 heteroatoms. The van der Waals surface area contributed by atoms with E-state index < -0.39 is 0 Å². The van der Waals surface area contributed by atoms with E-state index in [4.69, 9.17) is 19.8 Å². The van der Waals surface area contributed by atoms with Crippen LogP contribution in [0, 0.1) is 13.8 Å². The number of ether oxygens (including phenoxy) is 1. The molecule has 1 unspecified atom stereocenters. The number of pyridine rings is 1. The highest BCUT2D eigenvalue weighted by atomic mass is 16.5. The van der Waals surface area contributed by atoms with Crippen molar-refractivity contribution in [1.29, 1.82) is 0 Å². The van der Waals surface area contributed by atoms with E-state index in [1.165, 1.54) is 10.9 Å². The first-order chi connectivity index (χ1) is 25.0. The second-order valence-corrected chi connectivity index (χ2v) is 12.2. The summed E-state index contributed by atoms with van der Waals surface area (Å²) in [5, 5.41) is 9.16. The van der Waals surface area contributed by atoms with Gasteiger partial charge in [-0.3, -0.25) is 5.43 Å². The molecule has 254 valence electrons. The molecule has 0 saturated heterocycles. The molecular formula is C46H44N4O. The van der Waals surface area contributed by atoms with Crippen LogP contribution in [0.3, 0.4) is 0 Å². The zero-order valence-electron chi connectivity index (χ0n) is 30.2. The summed E-state index contributed by atoms with van der Waals surface area (Å²) in [4.78, 5) is 9.73. The van der Waals surface area contributed by atoms with Gasteiger partial charge < -0.3 is 4.74 Å². The minimum Gasteiger partial charge on any atom is -0.446 e. The monoisotopic (exact) mass is 668 g/mol. The Kier molecular flexibility index (Phi) is 10.7. The van der Waals surface area contributed by atoms with E-state index in [1.54, 1.807) is 0 Å². The average molecular weight is 669 g/mol. The maximum Gasteiger partial charge on any atom is 0.240 e. The molecule has 1 aliphatic rings. The van der Waals surface area contributed by atoms with Crippen LogP contribution in [-0.2, 0) is 4.74 Å². The molecule has 0 aliphatic carbocycles. The van der Waals surface area contributed by atoms with Crippen LogP contribution in [0.5, 0.6) is 0 Å². The molecule has 1 aromatic heterocycles. The molecule has 0 amide bonds. The van der Waals surface area contributed by atoms with E-state index in [0.29, 0.717) is 11.7 Å². The van der Waals surface area contributed by atoms with Gasteiger partial charge in [0, 0.05) is 28.6 Å². The normalized spacial score (nSPS) is 14.5. The smallest absolute Gasteiger partial charge is 0.240 e. The van der Waals surface area contributed by atoms with E-state index in [-0.39, 0.29) is 6.23 Å². The van der Waals surface area contributed by atoms with Gasteiger partial charge in [-0.05, 0) is 94.8 Å². The Labute approximate surface area is 301 Å². The van der Waals surface area contributed by atoms with Crippen LogP contribution >= 0.6 is 0 Å². The number of benzene rings is 5. The van der Waals surface area contributed by atoms with Crippen LogP contribution in [-0.4, -0.2) is 16.6 Å². The van der Waals surface area contributed by atoms with Crippen molar-refractivity contribution in [3.05, 3.63) is 173 Å². The van der Waals surface area contributed by atoms with Crippen LogP contribution in [0.25, 0.3) is 39.3 Å². The predicted molar refractivity (Wildman–Crippen MR) is 218 cm³/mol. The lowest BCUT2D eigenvalue weighted by atomic mass is 9.88. The second kappa shape index (κ2) is 15.6. The van der Waals surface area contributed by atoms with Crippen molar-refractivity contribution in [3.63, 3.8) is 0 Å². The Bertz CT molecular complexity index is 2360. The fraction of sp³-hybridized carbons (Fsp3) is 0.152. The van der Waals surface area contributed by atoms with Gasteiger partial charge in [-0.25, -0.2) is 9.98 Å². The van der Waals surface area contributed by atoms with Gasteiger partial charge in [0.2, 0.25) is 12.1 Å². The molecule has 1 aliphatic heterocycles. The molecule has 6 aromatic rings. The van der Waals surface area contributed by atoms with Gasteiger partial charge in [-0.1, -0.05) is 136 Å². The third-order valence-corrected chi connectivity index (χ3v) is 9.06. The molecule has 0 radical (unpaired) electrons. The molecule has 0 saturated carbocycles.